The zero-order valence-corrected chi connectivity index (χ0v) is 17.0. The Hall–Kier alpha value is -2.82. The first kappa shape index (κ1) is 23.8. The Bertz CT molecular complexity index is 1360. The first-order chi connectivity index (χ1) is 14.9. The fourth-order valence-electron chi connectivity index (χ4n) is 3.02. The molecule has 0 atom stereocenters. The summed E-state index contributed by atoms with van der Waals surface area (Å²) in [6, 6.07) is 18.5. The first-order valence-corrected chi connectivity index (χ1v) is 10.7. The summed E-state index contributed by atoms with van der Waals surface area (Å²) in [4.78, 5) is 3.77. The summed E-state index contributed by atoms with van der Waals surface area (Å²) in [5, 5.41) is 9.01. The molecule has 0 aliphatic rings. The number of fused-ring (bicyclic) bond motifs is 1. The van der Waals surface area contributed by atoms with Crippen molar-refractivity contribution in [2.24, 2.45) is 10.2 Å². The predicted molar refractivity (Wildman–Crippen MR) is 125 cm³/mol. The van der Waals surface area contributed by atoms with Crippen LogP contribution in [0.5, 0.6) is 5.75 Å². The van der Waals surface area contributed by atoms with E-state index in [4.69, 9.17) is 10.5 Å². The van der Waals surface area contributed by atoms with E-state index in [-0.39, 0.29) is 45.8 Å². The molecule has 4 rings (SSSR count). The summed E-state index contributed by atoms with van der Waals surface area (Å²) < 4.78 is 38.9. The average molecular weight is 458 g/mol. The summed E-state index contributed by atoms with van der Waals surface area (Å²) in [7, 11) is -4.46. The van der Waals surface area contributed by atoms with Crippen LogP contribution in [-0.2, 0) is 16.7 Å². The number of pyridine rings is 1. The van der Waals surface area contributed by atoms with Gasteiger partial charge in [0.25, 0.3) is 10.1 Å². The standard InChI is InChI=1S/C22H18N4O4S.Na.H/c23-22-19-6-2-1-5-18(19)21(31(27,28)29)12-20(22)26-25-16-7-9-17(10-8-16)30-14-15-4-3-11-24-13-15;;/h1-13H,14,23H2,(H,27,28,29);;/b26-25+;;. The molecule has 0 fully saturated rings. The van der Waals surface area contributed by atoms with Gasteiger partial charge in [-0.25, -0.2) is 0 Å². The molecule has 0 unspecified atom stereocenters. The number of anilines is 1. The zero-order chi connectivity index (χ0) is 21.8. The number of benzene rings is 3. The van der Waals surface area contributed by atoms with Gasteiger partial charge in [-0.05, 0) is 36.4 Å². The first-order valence-electron chi connectivity index (χ1n) is 9.24. The van der Waals surface area contributed by atoms with Crippen molar-refractivity contribution in [3.05, 3.63) is 84.7 Å². The summed E-state index contributed by atoms with van der Waals surface area (Å²) in [5.41, 5.74) is 8.04. The van der Waals surface area contributed by atoms with Gasteiger partial charge in [-0.15, -0.1) is 5.11 Å². The Morgan fingerprint density at radius 2 is 1.69 bits per heavy atom. The summed E-state index contributed by atoms with van der Waals surface area (Å²) in [5.74, 6) is 0.654. The Kier molecular flexibility index (Phi) is 7.60. The van der Waals surface area contributed by atoms with E-state index in [1.165, 1.54) is 6.07 Å². The second kappa shape index (κ2) is 10.2. The van der Waals surface area contributed by atoms with Crippen LogP contribution < -0.4 is 10.5 Å². The van der Waals surface area contributed by atoms with Gasteiger partial charge in [-0.3, -0.25) is 9.54 Å². The van der Waals surface area contributed by atoms with E-state index in [1.54, 1.807) is 60.9 Å². The van der Waals surface area contributed by atoms with Gasteiger partial charge in [0, 0.05) is 28.7 Å². The third-order valence-corrected chi connectivity index (χ3v) is 5.44. The molecule has 10 heteroatoms. The molecular weight excluding hydrogens is 439 g/mol. The van der Waals surface area contributed by atoms with Crippen molar-refractivity contribution in [3.63, 3.8) is 0 Å². The molecule has 0 aliphatic carbocycles. The summed E-state index contributed by atoms with van der Waals surface area (Å²) in [6.45, 7) is 0.390. The van der Waals surface area contributed by atoms with Crippen molar-refractivity contribution < 1.29 is 17.7 Å². The van der Waals surface area contributed by atoms with E-state index in [0.717, 1.165) is 5.56 Å². The number of aromatic nitrogens is 1. The van der Waals surface area contributed by atoms with Crippen molar-refractivity contribution in [1.29, 1.82) is 0 Å². The maximum atomic E-state index is 11.8. The molecule has 0 radical (unpaired) electrons. The molecule has 0 amide bonds. The molecule has 0 saturated carbocycles. The maximum absolute atomic E-state index is 11.8. The monoisotopic (exact) mass is 458 g/mol. The zero-order valence-electron chi connectivity index (χ0n) is 16.2. The predicted octanol–water partition coefficient (Wildman–Crippen LogP) is 4.41. The summed E-state index contributed by atoms with van der Waals surface area (Å²) >= 11 is 0. The third kappa shape index (κ3) is 5.50. The fraction of sp³-hybridized carbons (Fsp3) is 0.0455. The van der Waals surface area contributed by atoms with Crippen LogP contribution in [0.1, 0.15) is 5.56 Å². The molecule has 1 heterocycles. The second-order valence-electron chi connectivity index (χ2n) is 6.67. The van der Waals surface area contributed by atoms with Gasteiger partial charge in [-0.2, -0.15) is 13.5 Å². The van der Waals surface area contributed by atoms with Crippen molar-refractivity contribution in [1.82, 2.24) is 4.98 Å². The molecule has 0 bridgehead atoms. The van der Waals surface area contributed by atoms with Crippen LogP contribution >= 0.6 is 0 Å². The van der Waals surface area contributed by atoms with E-state index in [1.807, 2.05) is 12.1 Å². The van der Waals surface area contributed by atoms with E-state index >= 15 is 0 Å². The molecule has 0 spiro atoms. The van der Waals surface area contributed by atoms with Crippen LogP contribution in [0.4, 0.5) is 17.1 Å². The average Bonchev–Trinajstić information content (AvgIpc) is 2.78. The number of rotatable bonds is 6. The minimum atomic E-state index is -4.46. The van der Waals surface area contributed by atoms with Crippen LogP contribution in [0, 0.1) is 0 Å². The fourth-order valence-corrected chi connectivity index (χ4v) is 3.73. The van der Waals surface area contributed by atoms with E-state index in [9.17, 15) is 13.0 Å². The van der Waals surface area contributed by atoms with Crippen molar-refractivity contribution in [2.75, 3.05) is 5.73 Å². The van der Waals surface area contributed by atoms with Crippen LogP contribution in [0.2, 0.25) is 0 Å². The van der Waals surface area contributed by atoms with Crippen molar-refractivity contribution in [3.8, 4) is 5.75 Å². The van der Waals surface area contributed by atoms with Crippen LogP contribution in [0.15, 0.2) is 94.2 Å². The van der Waals surface area contributed by atoms with Crippen molar-refractivity contribution in [2.45, 2.75) is 11.5 Å². The minimum absolute atomic E-state index is 0. The molecule has 0 aliphatic heterocycles. The molecular formula is C22H19N4NaO4S. The van der Waals surface area contributed by atoms with E-state index < -0.39 is 10.1 Å². The Balaban J connectivity index is 0.00000289. The van der Waals surface area contributed by atoms with Gasteiger partial charge in [-0.1, -0.05) is 30.3 Å². The number of ether oxygens (including phenoxy) is 1. The number of nitrogen functional groups attached to an aromatic ring is 1. The number of hydrogen-bond acceptors (Lipinski definition) is 7. The number of nitrogens with two attached hydrogens (primary N) is 1. The SMILES string of the molecule is Nc1c(/N=N/c2ccc(OCc3cccnc3)cc2)cc(S(=O)(=O)O)c2ccccc12.[NaH]. The van der Waals surface area contributed by atoms with E-state index in [2.05, 4.69) is 15.2 Å². The second-order valence-corrected chi connectivity index (χ2v) is 8.06. The third-order valence-electron chi connectivity index (χ3n) is 4.54. The van der Waals surface area contributed by atoms with Crippen LogP contribution in [0.25, 0.3) is 10.8 Å². The Labute approximate surface area is 207 Å². The van der Waals surface area contributed by atoms with Gasteiger partial charge >= 0.3 is 29.6 Å². The van der Waals surface area contributed by atoms with Crippen LogP contribution in [0.3, 0.4) is 0 Å². The number of hydrogen-bond donors (Lipinski definition) is 2. The number of azo groups is 1. The molecule has 0 saturated heterocycles. The quantitative estimate of drug-likeness (QED) is 0.191. The Morgan fingerprint density at radius 1 is 0.969 bits per heavy atom. The molecule has 8 nitrogen and oxygen atoms in total. The summed E-state index contributed by atoms with van der Waals surface area (Å²) in [6.07, 6.45) is 3.43. The molecule has 4 aromatic rings. The van der Waals surface area contributed by atoms with Crippen LogP contribution in [-0.4, -0.2) is 47.5 Å². The topological polar surface area (TPSA) is 127 Å². The molecule has 32 heavy (non-hydrogen) atoms. The van der Waals surface area contributed by atoms with Gasteiger partial charge < -0.3 is 10.5 Å². The normalized spacial score (nSPS) is 11.4. The molecule has 1 aromatic heterocycles. The van der Waals surface area contributed by atoms with Gasteiger partial charge in [0.05, 0.1) is 11.4 Å². The number of nitrogens with zero attached hydrogens (tertiary/aromatic N) is 3. The Morgan fingerprint density at radius 3 is 2.34 bits per heavy atom. The molecule has 3 aromatic carbocycles. The van der Waals surface area contributed by atoms with Gasteiger partial charge in [0.2, 0.25) is 0 Å². The van der Waals surface area contributed by atoms with E-state index in [0.29, 0.717) is 28.8 Å². The van der Waals surface area contributed by atoms with Gasteiger partial charge in [0.15, 0.2) is 0 Å². The van der Waals surface area contributed by atoms with Crippen molar-refractivity contribution >= 4 is 67.5 Å². The molecule has 158 valence electrons. The van der Waals surface area contributed by atoms with Gasteiger partial charge in [0.1, 0.15) is 22.9 Å². The molecule has 3 N–H and O–H groups in total.